The van der Waals surface area contributed by atoms with Crippen LogP contribution in [0.2, 0.25) is 0 Å². The fourth-order valence-corrected chi connectivity index (χ4v) is 2.96. The molecule has 1 aromatic rings. The second-order valence-corrected chi connectivity index (χ2v) is 7.05. The molecule has 86 valence electrons. The van der Waals surface area contributed by atoms with Crippen molar-refractivity contribution in [3.63, 3.8) is 0 Å². The number of hydrogen-bond acceptors (Lipinski definition) is 3. The first kappa shape index (κ1) is 13.2. The summed E-state index contributed by atoms with van der Waals surface area (Å²) >= 11 is 3.23. The lowest BCUT2D eigenvalue weighted by atomic mass is 9.86. The van der Waals surface area contributed by atoms with Crippen LogP contribution in [0.5, 0.6) is 0 Å². The third-order valence-corrected chi connectivity index (χ3v) is 3.93. The summed E-state index contributed by atoms with van der Waals surface area (Å²) in [6, 6.07) is 7.05. The first-order valence-corrected chi connectivity index (χ1v) is 7.28. The predicted molar refractivity (Wildman–Crippen MR) is 65.9 cm³/mol. The van der Waals surface area contributed by atoms with Crippen LogP contribution in [0.3, 0.4) is 0 Å². The Bertz CT molecular complexity index is 556. The zero-order valence-corrected chi connectivity index (χ0v) is 11.7. The van der Waals surface area contributed by atoms with E-state index in [1.807, 2.05) is 0 Å². The minimum atomic E-state index is -3.33. The summed E-state index contributed by atoms with van der Waals surface area (Å²) in [4.78, 5) is 0.202. The van der Waals surface area contributed by atoms with Gasteiger partial charge in [0.15, 0.2) is 9.84 Å². The molecule has 0 spiro atoms. The highest BCUT2D eigenvalue weighted by molar-refractivity contribution is 9.10. The molecule has 0 fully saturated rings. The molecule has 0 heterocycles. The molecule has 0 aliphatic rings. The first-order chi connectivity index (χ1) is 7.18. The van der Waals surface area contributed by atoms with Gasteiger partial charge in [0.2, 0.25) is 0 Å². The van der Waals surface area contributed by atoms with Crippen LogP contribution in [0.15, 0.2) is 27.6 Å². The zero-order valence-electron chi connectivity index (χ0n) is 9.28. The van der Waals surface area contributed by atoms with Crippen molar-refractivity contribution in [2.75, 3.05) is 6.26 Å². The van der Waals surface area contributed by atoms with Crippen LogP contribution in [0.1, 0.15) is 19.4 Å². The van der Waals surface area contributed by atoms with E-state index in [1.165, 1.54) is 6.07 Å². The van der Waals surface area contributed by atoms with Crippen molar-refractivity contribution in [1.82, 2.24) is 0 Å². The molecular formula is C11H12BrNO2S. The van der Waals surface area contributed by atoms with E-state index >= 15 is 0 Å². The van der Waals surface area contributed by atoms with Gasteiger partial charge in [-0.3, -0.25) is 0 Å². The lowest BCUT2D eigenvalue weighted by molar-refractivity contribution is 0.594. The van der Waals surface area contributed by atoms with Crippen molar-refractivity contribution in [1.29, 1.82) is 5.26 Å². The molecule has 0 unspecified atom stereocenters. The molecule has 0 saturated heterocycles. The largest absolute Gasteiger partial charge is 0.224 e. The van der Waals surface area contributed by atoms with Gasteiger partial charge in [-0.05, 0) is 31.5 Å². The summed E-state index contributed by atoms with van der Waals surface area (Å²) in [6.07, 6.45) is 1.14. The molecule has 0 saturated carbocycles. The van der Waals surface area contributed by atoms with Gasteiger partial charge in [0, 0.05) is 10.7 Å². The maximum Gasteiger partial charge on any atom is 0.175 e. The van der Waals surface area contributed by atoms with E-state index < -0.39 is 15.3 Å². The fourth-order valence-electron chi connectivity index (χ4n) is 1.38. The number of nitriles is 1. The highest BCUT2D eigenvalue weighted by Crippen LogP contribution is 2.30. The van der Waals surface area contributed by atoms with Crippen molar-refractivity contribution >= 4 is 25.8 Å². The first-order valence-electron chi connectivity index (χ1n) is 4.60. The minimum absolute atomic E-state index is 0.202. The summed E-state index contributed by atoms with van der Waals surface area (Å²) < 4.78 is 24.0. The molecule has 3 nitrogen and oxygen atoms in total. The molecule has 0 radical (unpaired) electrons. The highest BCUT2D eigenvalue weighted by Gasteiger charge is 2.27. The molecule has 1 aromatic carbocycles. The van der Waals surface area contributed by atoms with Crippen LogP contribution in [-0.4, -0.2) is 14.7 Å². The topological polar surface area (TPSA) is 57.9 Å². The summed E-state index contributed by atoms with van der Waals surface area (Å²) in [7, 11) is -3.33. The van der Waals surface area contributed by atoms with Crippen LogP contribution in [0.25, 0.3) is 0 Å². The molecule has 16 heavy (non-hydrogen) atoms. The average Bonchev–Trinajstić information content (AvgIpc) is 2.16. The van der Waals surface area contributed by atoms with E-state index in [1.54, 1.807) is 26.0 Å². The van der Waals surface area contributed by atoms with Crippen molar-refractivity contribution < 1.29 is 8.42 Å². The van der Waals surface area contributed by atoms with Gasteiger partial charge >= 0.3 is 0 Å². The molecule has 1 rings (SSSR count). The third-order valence-electron chi connectivity index (χ3n) is 2.30. The van der Waals surface area contributed by atoms with Crippen LogP contribution in [0.4, 0.5) is 0 Å². The van der Waals surface area contributed by atoms with Crippen molar-refractivity contribution in [3.05, 3.63) is 28.2 Å². The summed E-state index contributed by atoms with van der Waals surface area (Å²) in [6.45, 7) is 3.40. The maximum atomic E-state index is 11.6. The Balaban J connectivity index is 3.61. The van der Waals surface area contributed by atoms with Crippen LogP contribution in [-0.2, 0) is 15.3 Å². The summed E-state index contributed by atoms with van der Waals surface area (Å²) in [5.41, 5.74) is -0.292. The molecule has 0 bridgehead atoms. The van der Waals surface area contributed by atoms with E-state index in [4.69, 9.17) is 5.26 Å². The molecule has 0 atom stereocenters. The van der Waals surface area contributed by atoms with Gasteiger partial charge in [-0.2, -0.15) is 5.26 Å². The van der Waals surface area contributed by atoms with Gasteiger partial charge in [0.25, 0.3) is 0 Å². The Labute approximate surface area is 104 Å². The lowest BCUT2D eigenvalue weighted by Crippen LogP contribution is -2.18. The maximum absolute atomic E-state index is 11.6. The molecule has 0 aliphatic heterocycles. The normalized spacial score (nSPS) is 12.2. The smallest absolute Gasteiger partial charge is 0.175 e. The van der Waals surface area contributed by atoms with E-state index in [0.29, 0.717) is 10.0 Å². The number of halogens is 1. The van der Waals surface area contributed by atoms with Crippen LogP contribution in [0, 0.1) is 11.3 Å². The standard InChI is InChI=1S/C11H12BrNO2S/c1-11(2,7-13)9-5-4-8(12)6-10(9)16(3,14)15/h4-6H,1-3H3. The van der Waals surface area contributed by atoms with Gasteiger partial charge in [-0.15, -0.1) is 0 Å². The van der Waals surface area contributed by atoms with E-state index in [-0.39, 0.29) is 4.90 Å². The minimum Gasteiger partial charge on any atom is -0.224 e. The predicted octanol–water partition coefficient (Wildman–Crippen LogP) is 2.65. The highest BCUT2D eigenvalue weighted by atomic mass is 79.9. The summed E-state index contributed by atoms with van der Waals surface area (Å²) in [5, 5.41) is 9.05. The Morgan fingerprint density at radius 2 is 1.94 bits per heavy atom. The quantitative estimate of drug-likeness (QED) is 0.844. The number of rotatable bonds is 2. The lowest BCUT2D eigenvalue weighted by Gasteiger charge is -2.19. The van der Waals surface area contributed by atoms with E-state index in [9.17, 15) is 8.42 Å². The van der Waals surface area contributed by atoms with Gasteiger partial charge in [0.1, 0.15) is 0 Å². The van der Waals surface area contributed by atoms with Crippen LogP contribution < -0.4 is 0 Å². The van der Waals surface area contributed by atoms with E-state index in [0.717, 1.165) is 6.26 Å². The number of hydrogen-bond donors (Lipinski definition) is 0. The average molecular weight is 302 g/mol. The Hall–Kier alpha value is -0.860. The molecule has 0 aromatic heterocycles. The molecule has 5 heteroatoms. The SMILES string of the molecule is CC(C)(C#N)c1ccc(Br)cc1S(C)(=O)=O. The van der Waals surface area contributed by atoms with E-state index in [2.05, 4.69) is 22.0 Å². The Morgan fingerprint density at radius 3 is 2.38 bits per heavy atom. The van der Waals surface area contributed by atoms with Gasteiger partial charge < -0.3 is 0 Å². The number of sulfone groups is 1. The van der Waals surface area contributed by atoms with Gasteiger partial charge in [-0.25, -0.2) is 8.42 Å². The van der Waals surface area contributed by atoms with Crippen molar-refractivity contribution in [2.24, 2.45) is 0 Å². The molecule has 0 amide bonds. The number of benzene rings is 1. The van der Waals surface area contributed by atoms with Crippen molar-refractivity contribution in [2.45, 2.75) is 24.2 Å². The fraction of sp³-hybridized carbons (Fsp3) is 0.364. The Kier molecular flexibility index (Phi) is 3.46. The molecule has 0 N–H and O–H groups in total. The van der Waals surface area contributed by atoms with Crippen LogP contribution >= 0.6 is 15.9 Å². The Morgan fingerprint density at radius 1 is 1.38 bits per heavy atom. The van der Waals surface area contributed by atoms with Gasteiger partial charge in [-0.1, -0.05) is 22.0 Å². The van der Waals surface area contributed by atoms with Gasteiger partial charge in [0.05, 0.1) is 16.4 Å². The molecular weight excluding hydrogens is 290 g/mol. The zero-order chi connectivity index (χ0) is 12.6. The second kappa shape index (κ2) is 4.19. The number of nitrogens with zero attached hydrogens (tertiary/aromatic N) is 1. The second-order valence-electron chi connectivity index (χ2n) is 4.15. The summed E-state index contributed by atoms with van der Waals surface area (Å²) in [5.74, 6) is 0. The monoisotopic (exact) mass is 301 g/mol. The third kappa shape index (κ3) is 2.63. The molecule has 0 aliphatic carbocycles. The van der Waals surface area contributed by atoms with Crippen molar-refractivity contribution in [3.8, 4) is 6.07 Å².